The second-order valence-corrected chi connectivity index (χ2v) is 19.6. The number of nitrogens with one attached hydrogen (secondary N) is 1. The summed E-state index contributed by atoms with van der Waals surface area (Å²) >= 11 is 0. The van der Waals surface area contributed by atoms with Crippen LogP contribution in [0.25, 0.3) is 0 Å². The minimum Gasteiger partial charge on any atom is -0.756 e. The Morgan fingerprint density at radius 1 is 0.554 bits per heavy atom. The van der Waals surface area contributed by atoms with E-state index in [1.54, 1.807) is 0 Å². The van der Waals surface area contributed by atoms with Crippen molar-refractivity contribution in [3.63, 3.8) is 0 Å². The summed E-state index contributed by atoms with van der Waals surface area (Å²) in [6.45, 7) is 4.74. The van der Waals surface area contributed by atoms with Gasteiger partial charge in [-0.2, -0.15) is 0 Å². The lowest BCUT2D eigenvalue weighted by Gasteiger charge is -2.30. The maximum atomic E-state index is 12.9. The normalized spacial score (nSPS) is 14.2. The first-order valence-corrected chi connectivity index (χ1v) is 25.8. The maximum Gasteiger partial charge on any atom is 0.268 e. The van der Waals surface area contributed by atoms with Crippen molar-refractivity contribution in [1.29, 1.82) is 0 Å². The van der Waals surface area contributed by atoms with E-state index in [9.17, 15) is 19.4 Å². The van der Waals surface area contributed by atoms with E-state index < -0.39 is 20.0 Å². The highest BCUT2D eigenvalue weighted by Crippen LogP contribution is 2.38. The molecule has 0 fully saturated rings. The molecule has 0 aliphatic heterocycles. The number of aliphatic hydroxyl groups is 1. The summed E-state index contributed by atoms with van der Waals surface area (Å²) in [4.78, 5) is 25.4. The number of hydrogen-bond acceptors (Lipinski definition) is 6. The van der Waals surface area contributed by atoms with Crippen LogP contribution >= 0.6 is 7.82 Å². The number of amides is 1. The summed E-state index contributed by atoms with van der Waals surface area (Å²) in [5.74, 6) is -0.160. The third kappa shape index (κ3) is 41.7. The second-order valence-electron chi connectivity index (χ2n) is 18.2. The first-order chi connectivity index (χ1) is 27.0. The molecule has 0 saturated carbocycles. The summed E-state index contributed by atoms with van der Waals surface area (Å²) < 4.78 is 23.3. The van der Waals surface area contributed by atoms with Gasteiger partial charge in [0.1, 0.15) is 13.2 Å². The van der Waals surface area contributed by atoms with Crippen LogP contribution in [0.5, 0.6) is 0 Å². The number of nitrogens with zero attached hydrogens (tertiary/aromatic N) is 1. The summed E-state index contributed by atoms with van der Waals surface area (Å²) in [5, 5.41) is 13.9. The molecule has 0 saturated heterocycles. The Balaban J connectivity index is 4.17. The molecule has 3 atom stereocenters. The molecule has 2 N–H and O–H groups in total. The van der Waals surface area contributed by atoms with E-state index in [1.807, 2.05) is 21.1 Å². The van der Waals surface area contributed by atoms with Gasteiger partial charge in [0.15, 0.2) is 0 Å². The number of phosphoric ester groups is 1. The number of likely N-dealkylation sites (N-methyl/N-ethyl adjacent to an activating group) is 1. The molecule has 0 radical (unpaired) electrons. The highest BCUT2D eigenvalue weighted by atomic mass is 31.2. The number of unbranched alkanes of at least 4 members (excludes halogenated alkanes) is 32. The monoisotopic (exact) mass is 817 g/mol. The standard InChI is InChI=1S/C47H97N2O6P/c1-6-8-10-12-14-16-18-20-21-22-23-24-25-26-27-28-29-31-33-35-37-39-41-47(51)48-45(44-55-56(52,53)54-43-42-49(3,4)5)46(50)40-38-36-34-32-30-19-17-15-13-11-9-7-2/h45-46,50H,6-44H2,1-5H3,(H-,48,51,52,53)/t45-,46+/m0/s1. The van der Waals surface area contributed by atoms with Gasteiger partial charge in [-0.1, -0.05) is 226 Å². The highest BCUT2D eigenvalue weighted by molar-refractivity contribution is 7.45. The molecule has 56 heavy (non-hydrogen) atoms. The van der Waals surface area contributed by atoms with Crippen LogP contribution in [0, 0.1) is 0 Å². The van der Waals surface area contributed by atoms with Gasteiger partial charge in [0.2, 0.25) is 5.91 Å². The number of carbonyl (C=O) groups excluding carboxylic acids is 1. The van der Waals surface area contributed by atoms with Crippen LogP contribution in [0.1, 0.15) is 245 Å². The number of hydrogen-bond donors (Lipinski definition) is 2. The molecule has 0 aliphatic carbocycles. The molecule has 0 aliphatic rings. The van der Waals surface area contributed by atoms with E-state index in [-0.39, 0.29) is 19.1 Å². The quantitative estimate of drug-likeness (QED) is 0.0360. The van der Waals surface area contributed by atoms with Crippen LogP contribution in [-0.4, -0.2) is 68.5 Å². The third-order valence-corrected chi connectivity index (χ3v) is 12.3. The predicted molar refractivity (Wildman–Crippen MR) is 238 cm³/mol. The van der Waals surface area contributed by atoms with Crippen LogP contribution in [0.4, 0.5) is 0 Å². The molecule has 0 heterocycles. The van der Waals surface area contributed by atoms with Gasteiger partial charge in [0.25, 0.3) is 7.82 Å². The van der Waals surface area contributed by atoms with Gasteiger partial charge >= 0.3 is 0 Å². The molecule has 336 valence electrons. The molecule has 9 heteroatoms. The molecule has 0 bridgehead atoms. The second kappa shape index (κ2) is 39.9. The first-order valence-electron chi connectivity index (χ1n) is 24.4. The minimum absolute atomic E-state index is 0.0161. The molecule has 8 nitrogen and oxygen atoms in total. The van der Waals surface area contributed by atoms with E-state index in [4.69, 9.17) is 9.05 Å². The van der Waals surface area contributed by atoms with E-state index in [0.29, 0.717) is 23.9 Å². The Kier molecular flexibility index (Phi) is 39.6. The molecule has 0 rings (SSSR count). The molecule has 1 unspecified atom stereocenters. The fourth-order valence-electron chi connectivity index (χ4n) is 7.45. The Hall–Kier alpha value is -0.500. The summed E-state index contributed by atoms with van der Waals surface area (Å²) in [6.07, 6.45) is 44.0. The van der Waals surface area contributed by atoms with Gasteiger partial charge < -0.3 is 28.8 Å². The van der Waals surface area contributed by atoms with Gasteiger partial charge in [0, 0.05) is 6.42 Å². The number of carbonyl (C=O) groups is 1. The lowest BCUT2D eigenvalue weighted by Crippen LogP contribution is -2.46. The Morgan fingerprint density at radius 2 is 0.875 bits per heavy atom. The average Bonchev–Trinajstić information content (AvgIpc) is 3.15. The van der Waals surface area contributed by atoms with Crippen molar-refractivity contribution < 1.29 is 32.9 Å². The predicted octanol–water partition coefficient (Wildman–Crippen LogP) is 13.1. The Labute approximate surface area is 349 Å². The van der Waals surface area contributed by atoms with Crippen LogP contribution < -0.4 is 10.2 Å². The van der Waals surface area contributed by atoms with E-state index in [2.05, 4.69) is 19.2 Å². The molecule has 1 amide bonds. The molecular formula is C47H97N2O6P. The zero-order valence-corrected chi connectivity index (χ0v) is 39.0. The summed E-state index contributed by atoms with van der Waals surface area (Å²) in [7, 11) is 1.32. The zero-order chi connectivity index (χ0) is 41.4. The lowest BCUT2D eigenvalue weighted by atomic mass is 10.0. The Bertz CT molecular complexity index is 885. The lowest BCUT2D eigenvalue weighted by molar-refractivity contribution is -0.870. The molecule has 0 spiro atoms. The molecule has 0 aromatic rings. The van der Waals surface area contributed by atoms with Crippen molar-refractivity contribution in [3.05, 3.63) is 0 Å². The number of rotatable bonds is 45. The summed E-state index contributed by atoms with van der Waals surface area (Å²) in [5.41, 5.74) is 0. The van der Waals surface area contributed by atoms with Gasteiger partial charge in [0.05, 0.1) is 39.9 Å². The van der Waals surface area contributed by atoms with Crippen molar-refractivity contribution in [2.45, 2.75) is 257 Å². The number of aliphatic hydroxyl groups excluding tert-OH is 1. The highest BCUT2D eigenvalue weighted by Gasteiger charge is 2.24. The minimum atomic E-state index is -4.56. The van der Waals surface area contributed by atoms with Crippen molar-refractivity contribution in [3.8, 4) is 0 Å². The van der Waals surface area contributed by atoms with Crippen LogP contribution in [0.15, 0.2) is 0 Å². The maximum absolute atomic E-state index is 12.9. The first kappa shape index (κ1) is 55.5. The average molecular weight is 817 g/mol. The number of quaternary nitrogens is 1. The molecular weight excluding hydrogens is 719 g/mol. The van der Waals surface area contributed by atoms with Crippen LogP contribution in [0.3, 0.4) is 0 Å². The zero-order valence-electron chi connectivity index (χ0n) is 38.1. The largest absolute Gasteiger partial charge is 0.756 e. The van der Waals surface area contributed by atoms with E-state index >= 15 is 0 Å². The van der Waals surface area contributed by atoms with Crippen LogP contribution in [-0.2, 0) is 18.4 Å². The summed E-state index contributed by atoms with van der Waals surface area (Å²) in [6, 6.07) is -0.792. The van der Waals surface area contributed by atoms with Crippen molar-refractivity contribution in [2.24, 2.45) is 0 Å². The fraction of sp³-hybridized carbons (Fsp3) is 0.979. The van der Waals surface area contributed by atoms with Gasteiger partial charge in [-0.25, -0.2) is 0 Å². The van der Waals surface area contributed by atoms with Gasteiger partial charge in [-0.15, -0.1) is 0 Å². The molecule has 0 aromatic carbocycles. The smallest absolute Gasteiger partial charge is 0.268 e. The van der Waals surface area contributed by atoms with E-state index in [0.717, 1.165) is 38.5 Å². The van der Waals surface area contributed by atoms with Crippen molar-refractivity contribution in [1.82, 2.24) is 5.32 Å². The van der Waals surface area contributed by atoms with Crippen LogP contribution in [0.2, 0.25) is 0 Å². The topological polar surface area (TPSA) is 108 Å². The molecule has 0 aromatic heterocycles. The number of phosphoric acid groups is 1. The van der Waals surface area contributed by atoms with E-state index in [1.165, 1.54) is 180 Å². The Morgan fingerprint density at radius 3 is 1.21 bits per heavy atom. The van der Waals surface area contributed by atoms with Crippen molar-refractivity contribution >= 4 is 13.7 Å². The fourth-order valence-corrected chi connectivity index (χ4v) is 8.18. The third-order valence-electron chi connectivity index (χ3n) is 11.3. The SMILES string of the molecule is CCCCCCCCCCCCCCCCCCCCCCCCC(=O)N[C@@H](COP(=O)([O-])OCC[N+](C)(C)C)[C@H](O)CCCCCCCCCCCCCC. The van der Waals surface area contributed by atoms with Crippen molar-refractivity contribution in [2.75, 3.05) is 40.9 Å². The van der Waals surface area contributed by atoms with Gasteiger partial charge in [-0.05, 0) is 12.8 Å². The van der Waals surface area contributed by atoms with Gasteiger partial charge in [-0.3, -0.25) is 9.36 Å².